The van der Waals surface area contributed by atoms with Crippen molar-refractivity contribution in [2.24, 2.45) is 0 Å². The summed E-state index contributed by atoms with van der Waals surface area (Å²) < 4.78 is 4.52. The summed E-state index contributed by atoms with van der Waals surface area (Å²) in [7, 11) is 1.24. The molecule has 0 atom stereocenters. The number of aromatic nitrogens is 2. The first-order valence-electron chi connectivity index (χ1n) is 5.14. The lowest BCUT2D eigenvalue weighted by atomic mass is 9.89. The fourth-order valence-electron chi connectivity index (χ4n) is 1.41. The number of aromatic amines is 1. The lowest BCUT2D eigenvalue weighted by Gasteiger charge is -2.17. The molecule has 0 spiro atoms. The van der Waals surface area contributed by atoms with Crippen molar-refractivity contribution >= 4 is 12.0 Å². The number of nitriles is 1. The summed E-state index contributed by atoms with van der Waals surface area (Å²) in [6.45, 7) is 6.05. The minimum absolute atomic E-state index is 0.0422. The largest absolute Gasteiger partial charge is 0.465 e. The Morgan fingerprint density at radius 2 is 2.24 bits per heavy atom. The van der Waals surface area contributed by atoms with Crippen molar-refractivity contribution in [3.8, 4) is 6.07 Å². The van der Waals surface area contributed by atoms with Crippen LogP contribution in [0.15, 0.2) is 11.8 Å². The van der Waals surface area contributed by atoms with Gasteiger partial charge in [-0.25, -0.2) is 4.79 Å². The number of rotatable bonds is 2. The van der Waals surface area contributed by atoms with Gasteiger partial charge in [0.15, 0.2) is 0 Å². The normalized spacial score (nSPS) is 12.1. The highest BCUT2D eigenvalue weighted by Crippen LogP contribution is 2.24. The lowest BCUT2D eigenvalue weighted by Crippen LogP contribution is -2.13. The van der Waals surface area contributed by atoms with E-state index in [0.29, 0.717) is 0 Å². The minimum Gasteiger partial charge on any atom is -0.465 e. The van der Waals surface area contributed by atoms with Gasteiger partial charge in [-0.05, 0) is 6.08 Å². The molecule has 1 aromatic heterocycles. The zero-order valence-electron chi connectivity index (χ0n) is 10.4. The molecule has 0 fully saturated rings. The number of ether oxygens (including phenoxy) is 1. The molecule has 17 heavy (non-hydrogen) atoms. The number of methoxy groups -OCH3 is 1. The van der Waals surface area contributed by atoms with Crippen molar-refractivity contribution in [2.45, 2.75) is 26.2 Å². The van der Waals surface area contributed by atoms with Crippen molar-refractivity contribution in [1.29, 1.82) is 5.26 Å². The molecule has 5 nitrogen and oxygen atoms in total. The third-order valence-corrected chi connectivity index (χ3v) is 2.24. The summed E-state index contributed by atoms with van der Waals surface area (Å²) in [5, 5.41) is 15.7. The Morgan fingerprint density at radius 1 is 1.59 bits per heavy atom. The quantitative estimate of drug-likeness (QED) is 0.480. The second kappa shape index (κ2) is 4.83. The van der Waals surface area contributed by atoms with E-state index in [0.717, 1.165) is 11.3 Å². The van der Waals surface area contributed by atoms with Crippen LogP contribution in [-0.2, 0) is 14.9 Å². The van der Waals surface area contributed by atoms with E-state index in [1.165, 1.54) is 13.2 Å². The van der Waals surface area contributed by atoms with Gasteiger partial charge in [-0.2, -0.15) is 10.4 Å². The van der Waals surface area contributed by atoms with Crippen LogP contribution < -0.4 is 0 Å². The van der Waals surface area contributed by atoms with Crippen molar-refractivity contribution < 1.29 is 9.53 Å². The Labute approximate surface area is 100 Å². The zero-order valence-corrected chi connectivity index (χ0v) is 10.4. The van der Waals surface area contributed by atoms with Gasteiger partial charge in [0.25, 0.3) is 0 Å². The van der Waals surface area contributed by atoms with Crippen LogP contribution >= 0.6 is 0 Å². The summed E-state index contributed by atoms with van der Waals surface area (Å²) >= 11 is 0. The Balaban J connectivity index is 3.19. The van der Waals surface area contributed by atoms with Crippen LogP contribution in [0.5, 0.6) is 0 Å². The monoisotopic (exact) mass is 233 g/mol. The average molecular weight is 233 g/mol. The maximum atomic E-state index is 11.3. The van der Waals surface area contributed by atoms with Gasteiger partial charge in [0.2, 0.25) is 0 Å². The molecule has 0 radical (unpaired) electrons. The third-order valence-electron chi connectivity index (χ3n) is 2.24. The number of hydrogen-bond acceptors (Lipinski definition) is 4. The van der Waals surface area contributed by atoms with Gasteiger partial charge in [-0.3, -0.25) is 5.10 Å². The fourth-order valence-corrected chi connectivity index (χ4v) is 1.41. The fraction of sp³-hybridized carbons (Fsp3) is 0.417. The summed E-state index contributed by atoms with van der Waals surface area (Å²) in [6.07, 6.45) is 3.07. The van der Waals surface area contributed by atoms with Gasteiger partial charge in [0, 0.05) is 16.7 Å². The third kappa shape index (κ3) is 2.94. The van der Waals surface area contributed by atoms with E-state index >= 15 is 0 Å². The van der Waals surface area contributed by atoms with Crippen LogP contribution in [0.25, 0.3) is 6.08 Å². The Hall–Kier alpha value is -2.09. The number of H-pyrrole nitrogens is 1. The zero-order chi connectivity index (χ0) is 13.1. The van der Waals surface area contributed by atoms with Crippen LogP contribution in [0.1, 0.15) is 32.0 Å². The molecular formula is C12H15N3O2. The number of nitrogens with one attached hydrogen (secondary N) is 1. The van der Waals surface area contributed by atoms with Crippen LogP contribution in [0.3, 0.4) is 0 Å². The smallest absolute Gasteiger partial charge is 0.348 e. The predicted molar refractivity (Wildman–Crippen MR) is 62.9 cm³/mol. The van der Waals surface area contributed by atoms with E-state index in [-0.39, 0.29) is 11.0 Å². The lowest BCUT2D eigenvalue weighted by molar-refractivity contribution is -0.135. The number of hydrogen-bond donors (Lipinski definition) is 1. The predicted octanol–water partition coefficient (Wildman–Crippen LogP) is 1.79. The van der Waals surface area contributed by atoms with E-state index in [1.807, 2.05) is 26.8 Å². The summed E-state index contributed by atoms with van der Waals surface area (Å²) in [6, 6.07) is 1.81. The first-order chi connectivity index (χ1) is 7.90. The second-order valence-corrected chi connectivity index (χ2v) is 4.61. The molecule has 1 N–H and O–H groups in total. The molecule has 0 amide bonds. The molecule has 1 heterocycles. The van der Waals surface area contributed by atoms with Crippen LogP contribution in [0.2, 0.25) is 0 Å². The Bertz CT molecular complexity index is 487. The van der Waals surface area contributed by atoms with E-state index in [9.17, 15) is 4.79 Å². The highest BCUT2D eigenvalue weighted by atomic mass is 16.5. The summed E-state index contributed by atoms with van der Waals surface area (Å²) in [5.41, 5.74) is 1.41. The van der Waals surface area contributed by atoms with Gasteiger partial charge in [-0.15, -0.1) is 0 Å². The second-order valence-electron chi connectivity index (χ2n) is 4.61. The van der Waals surface area contributed by atoms with Gasteiger partial charge in [-0.1, -0.05) is 20.8 Å². The van der Waals surface area contributed by atoms with Gasteiger partial charge in [0.1, 0.15) is 11.6 Å². The first kappa shape index (κ1) is 13.0. The molecule has 1 aromatic rings. The summed E-state index contributed by atoms with van der Waals surface area (Å²) in [5.74, 6) is -0.645. The molecule has 0 saturated carbocycles. The maximum Gasteiger partial charge on any atom is 0.348 e. The highest BCUT2D eigenvalue weighted by Gasteiger charge is 2.20. The Morgan fingerprint density at radius 3 is 2.71 bits per heavy atom. The molecule has 1 rings (SSSR count). The van der Waals surface area contributed by atoms with Crippen LogP contribution in [0.4, 0.5) is 0 Å². The summed E-state index contributed by atoms with van der Waals surface area (Å²) in [4.78, 5) is 11.3. The number of carbonyl (C=O) groups is 1. The molecular weight excluding hydrogens is 218 g/mol. The van der Waals surface area contributed by atoms with Crippen molar-refractivity contribution in [2.75, 3.05) is 7.11 Å². The van der Waals surface area contributed by atoms with Crippen LogP contribution in [0, 0.1) is 11.3 Å². The maximum absolute atomic E-state index is 11.3. The van der Waals surface area contributed by atoms with E-state index in [1.54, 1.807) is 6.20 Å². The molecule has 0 aromatic carbocycles. The standard InChI is InChI=1S/C12H15N3O2/c1-12(2,3)10-9(7-14-15-10)5-8(6-13)11(16)17-4/h5,7H,1-4H3,(H,14,15)/b8-5+. The minimum atomic E-state index is -0.645. The van der Waals surface area contributed by atoms with Crippen molar-refractivity contribution in [3.63, 3.8) is 0 Å². The first-order valence-corrected chi connectivity index (χ1v) is 5.14. The molecule has 0 bridgehead atoms. The topological polar surface area (TPSA) is 78.8 Å². The van der Waals surface area contributed by atoms with Gasteiger partial charge >= 0.3 is 5.97 Å². The van der Waals surface area contributed by atoms with Gasteiger partial charge < -0.3 is 4.74 Å². The molecule has 5 heteroatoms. The highest BCUT2D eigenvalue weighted by molar-refractivity contribution is 5.97. The van der Waals surface area contributed by atoms with Gasteiger partial charge in [0.05, 0.1) is 13.3 Å². The van der Waals surface area contributed by atoms with E-state index in [4.69, 9.17) is 5.26 Å². The van der Waals surface area contributed by atoms with Crippen molar-refractivity contribution in [1.82, 2.24) is 10.2 Å². The number of esters is 1. The number of nitrogens with zero attached hydrogens (tertiary/aromatic N) is 2. The SMILES string of the molecule is COC(=O)/C(C#N)=C/c1cn[nH]c1C(C)(C)C. The Kier molecular flexibility index (Phi) is 3.69. The molecule has 0 aliphatic carbocycles. The molecule has 90 valence electrons. The molecule has 0 aliphatic heterocycles. The average Bonchev–Trinajstić information content (AvgIpc) is 2.72. The molecule has 0 aliphatic rings. The van der Waals surface area contributed by atoms with E-state index in [2.05, 4.69) is 14.9 Å². The molecule has 0 saturated heterocycles. The number of carbonyl (C=O) groups excluding carboxylic acids is 1. The van der Waals surface area contributed by atoms with Crippen molar-refractivity contribution in [3.05, 3.63) is 23.0 Å². The van der Waals surface area contributed by atoms with Crippen LogP contribution in [-0.4, -0.2) is 23.3 Å². The molecule has 0 unspecified atom stereocenters. The van der Waals surface area contributed by atoms with E-state index < -0.39 is 5.97 Å².